The molecular weight excluding hydrogens is 280 g/mol. The van der Waals surface area contributed by atoms with Gasteiger partial charge in [0.25, 0.3) is 0 Å². The Balaban J connectivity index is 2.11. The van der Waals surface area contributed by atoms with Crippen LogP contribution in [0.4, 0.5) is 0 Å². The molecule has 2 heterocycles. The summed E-state index contributed by atoms with van der Waals surface area (Å²) in [5, 5.41) is 2.99. The van der Waals surface area contributed by atoms with Crippen molar-refractivity contribution in [3.8, 4) is 0 Å². The molecule has 0 aliphatic rings. The van der Waals surface area contributed by atoms with Crippen LogP contribution in [0.1, 0.15) is 17.3 Å². The van der Waals surface area contributed by atoms with E-state index in [9.17, 15) is 8.42 Å². The molecule has 2 aromatic rings. The quantitative estimate of drug-likeness (QED) is 0.811. The summed E-state index contributed by atoms with van der Waals surface area (Å²) < 4.78 is 33.8. The van der Waals surface area contributed by atoms with Gasteiger partial charge >= 0.3 is 0 Å². The fourth-order valence-corrected chi connectivity index (χ4v) is 2.87. The fourth-order valence-electron chi connectivity index (χ4n) is 1.80. The van der Waals surface area contributed by atoms with Crippen molar-refractivity contribution in [2.45, 2.75) is 24.9 Å². The van der Waals surface area contributed by atoms with Crippen molar-refractivity contribution < 1.29 is 12.8 Å². The predicted molar refractivity (Wildman–Crippen MR) is 73.4 cm³/mol. The van der Waals surface area contributed by atoms with Crippen molar-refractivity contribution in [2.75, 3.05) is 7.05 Å². The monoisotopic (exact) mass is 298 g/mol. The molecule has 7 nitrogen and oxygen atoms in total. The van der Waals surface area contributed by atoms with Crippen LogP contribution in [0, 0.1) is 6.92 Å². The molecule has 0 fully saturated rings. The molecule has 0 radical (unpaired) electrons. The van der Waals surface area contributed by atoms with Gasteiger partial charge in [0.1, 0.15) is 5.76 Å². The van der Waals surface area contributed by atoms with Gasteiger partial charge in [-0.05, 0) is 20.0 Å². The Labute approximate surface area is 118 Å². The van der Waals surface area contributed by atoms with E-state index in [2.05, 4.69) is 15.0 Å². The van der Waals surface area contributed by atoms with Crippen LogP contribution >= 0.6 is 0 Å². The summed E-state index contributed by atoms with van der Waals surface area (Å²) in [4.78, 5) is 4.19. The number of nitrogens with one attached hydrogen (secondary N) is 2. The largest absolute Gasteiger partial charge is 0.445 e. The molecule has 0 amide bonds. The number of aryl methyl sites for hydroxylation is 2. The zero-order valence-corrected chi connectivity index (χ0v) is 12.5. The second-order valence-electron chi connectivity index (χ2n) is 4.50. The molecule has 0 aromatic carbocycles. The van der Waals surface area contributed by atoms with Crippen LogP contribution in [0.25, 0.3) is 0 Å². The SMILES string of the molecule is CNCc1cc(S(=O)(=O)NCc2ncc(C)o2)cn1C. The van der Waals surface area contributed by atoms with Crippen LogP contribution in [0.5, 0.6) is 0 Å². The number of hydrogen-bond donors (Lipinski definition) is 2. The molecule has 2 rings (SSSR count). The van der Waals surface area contributed by atoms with E-state index in [4.69, 9.17) is 4.42 Å². The van der Waals surface area contributed by atoms with E-state index in [0.29, 0.717) is 18.2 Å². The van der Waals surface area contributed by atoms with E-state index in [1.807, 2.05) is 14.1 Å². The predicted octanol–water partition coefficient (Wildman–Crippen LogP) is 0.519. The maximum absolute atomic E-state index is 12.2. The second kappa shape index (κ2) is 5.78. The maximum atomic E-state index is 12.2. The molecule has 110 valence electrons. The van der Waals surface area contributed by atoms with Gasteiger partial charge in [0, 0.05) is 25.5 Å². The molecule has 2 aromatic heterocycles. The minimum atomic E-state index is -3.57. The van der Waals surface area contributed by atoms with Crippen molar-refractivity contribution in [1.82, 2.24) is 19.6 Å². The highest BCUT2D eigenvalue weighted by Crippen LogP contribution is 2.14. The van der Waals surface area contributed by atoms with Crippen LogP contribution < -0.4 is 10.0 Å². The minimum absolute atomic E-state index is 0.0342. The van der Waals surface area contributed by atoms with Crippen molar-refractivity contribution >= 4 is 10.0 Å². The first kappa shape index (κ1) is 14.8. The van der Waals surface area contributed by atoms with E-state index < -0.39 is 10.0 Å². The Morgan fingerprint density at radius 3 is 2.75 bits per heavy atom. The van der Waals surface area contributed by atoms with Gasteiger partial charge < -0.3 is 14.3 Å². The molecule has 0 aliphatic carbocycles. The molecule has 0 saturated carbocycles. The Morgan fingerprint density at radius 1 is 1.40 bits per heavy atom. The van der Waals surface area contributed by atoms with Crippen molar-refractivity contribution in [1.29, 1.82) is 0 Å². The highest BCUT2D eigenvalue weighted by molar-refractivity contribution is 7.89. The summed E-state index contributed by atoms with van der Waals surface area (Å²) in [6.07, 6.45) is 3.13. The molecule has 2 N–H and O–H groups in total. The average Bonchev–Trinajstić information content (AvgIpc) is 2.95. The van der Waals surface area contributed by atoms with Gasteiger partial charge in [-0.2, -0.15) is 0 Å². The third kappa shape index (κ3) is 3.27. The minimum Gasteiger partial charge on any atom is -0.445 e. The average molecular weight is 298 g/mol. The lowest BCUT2D eigenvalue weighted by Crippen LogP contribution is -2.23. The third-order valence-corrected chi connectivity index (χ3v) is 4.20. The fraction of sp³-hybridized carbons (Fsp3) is 0.417. The Morgan fingerprint density at radius 2 is 2.15 bits per heavy atom. The van der Waals surface area contributed by atoms with Gasteiger partial charge in [-0.3, -0.25) is 0 Å². The van der Waals surface area contributed by atoms with Crippen LogP contribution in [0.2, 0.25) is 0 Å². The van der Waals surface area contributed by atoms with Gasteiger partial charge in [-0.15, -0.1) is 0 Å². The van der Waals surface area contributed by atoms with Crippen LogP contribution in [0.3, 0.4) is 0 Å². The number of nitrogens with zero attached hydrogens (tertiary/aromatic N) is 2. The van der Waals surface area contributed by atoms with Crippen LogP contribution in [-0.4, -0.2) is 25.0 Å². The molecule has 0 aliphatic heterocycles. The van der Waals surface area contributed by atoms with Crippen molar-refractivity contribution in [2.24, 2.45) is 7.05 Å². The number of aromatic nitrogens is 2. The Kier molecular flexibility index (Phi) is 4.26. The molecule has 20 heavy (non-hydrogen) atoms. The highest BCUT2D eigenvalue weighted by atomic mass is 32.2. The zero-order chi connectivity index (χ0) is 14.8. The molecule has 0 spiro atoms. The number of rotatable bonds is 6. The lowest BCUT2D eigenvalue weighted by molar-refractivity contribution is 0.463. The normalized spacial score (nSPS) is 11.9. The first-order chi connectivity index (χ1) is 9.42. The summed E-state index contributed by atoms with van der Waals surface area (Å²) in [7, 11) is 0.0507. The maximum Gasteiger partial charge on any atom is 0.242 e. The number of sulfonamides is 1. The second-order valence-corrected chi connectivity index (χ2v) is 6.26. The van der Waals surface area contributed by atoms with Gasteiger partial charge in [0.05, 0.1) is 17.6 Å². The molecule has 0 atom stereocenters. The molecule has 0 unspecified atom stereocenters. The van der Waals surface area contributed by atoms with Gasteiger partial charge in [-0.25, -0.2) is 18.1 Å². The zero-order valence-electron chi connectivity index (χ0n) is 11.7. The summed E-state index contributed by atoms with van der Waals surface area (Å²) >= 11 is 0. The Hall–Kier alpha value is -1.64. The van der Waals surface area contributed by atoms with E-state index in [0.717, 1.165) is 5.69 Å². The smallest absolute Gasteiger partial charge is 0.242 e. The lowest BCUT2D eigenvalue weighted by Gasteiger charge is -2.01. The first-order valence-corrected chi connectivity index (χ1v) is 7.61. The first-order valence-electron chi connectivity index (χ1n) is 6.13. The van der Waals surface area contributed by atoms with E-state index in [1.54, 1.807) is 30.0 Å². The van der Waals surface area contributed by atoms with Crippen LogP contribution in [-0.2, 0) is 30.2 Å². The standard InChI is InChI=1S/C12H18N4O3S/c1-9-5-14-12(19-9)7-15-20(17,18)11-4-10(6-13-2)16(3)8-11/h4-5,8,13,15H,6-7H2,1-3H3. The number of hydrogen-bond acceptors (Lipinski definition) is 5. The van der Waals surface area contributed by atoms with Gasteiger partial charge in [-0.1, -0.05) is 0 Å². The summed E-state index contributed by atoms with van der Waals surface area (Å²) in [5.41, 5.74) is 0.889. The Bertz CT molecular complexity index is 687. The van der Waals surface area contributed by atoms with E-state index in [-0.39, 0.29) is 11.4 Å². The summed E-state index contributed by atoms with van der Waals surface area (Å²) in [6.45, 7) is 2.39. The molecule has 8 heteroatoms. The van der Waals surface area contributed by atoms with E-state index in [1.165, 1.54) is 0 Å². The lowest BCUT2D eigenvalue weighted by atomic mass is 10.4. The van der Waals surface area contributed by atoms with Gasteiger partial charge in [0.15, 0.2) is 0 Å². The van der Waals surface area contributed by atoms with Gasteiger partial charge in [0.2, 0.25) is 15.9 Å². The topological polar surface area (TPSA) is 89.2 Å². The summed E-state index contributed by atoms with van der Waals surface area (Å²) in [5.74, 6) is 0.993. The summed E-state index contributed by atoms with van der Waals surface area (Å²) in [6, 6.07) is 1.64. The molecule has 0 bridgehead atoms. The van der Waals surface area contributed by atoms with Crippen LogP contribution in [0.15, 0.2) is 27.8 Å². The molecule has 0 saturated heterocycles. The van der Waals surface area contributed by atoms with Crippen molar-refractivity contribution in [3.05, 3.63) is 35.8 Å². The third-order valence-electron chi connectivity index (χ3n) is 2.83. The number of oxazole rings is 1. The van der Waals surface area contributed by atoms with E-state index >= 15 is 0 Å². The molecular formula is C12H18N4O3S. The highest BCUT2D eigenvalue weighted by Gasteiger charge is 2.18. The van der Waals surface area contributed by atoms with Crippen molar-refractivity contribution in [3.63, 3.8) is 0 Å².